The van der Waals surface area contributed by atoms with E-state index in [4.69, 9.17) is 4.42 Å². The van der Waals surface area contributed by atoms with Crippen LogP contribution in [0.3, 0.4) is 0 Å². The van der Waals surface area contributed by atoms with Crippen molar-refractivity contribution in [2.45, 2.75) is 0 Å². The highest BCUT2D eigenvalue weighted by Crippen LogP contribution is 2.41. The first-order valence-corrected chi connectivity index (χ1v) is 21.9. The molecule has 1 aromatic heterocycles. The van der Waals surface area contributed by atoms with Gasteiger partial charge >= 0.3 is 0 Å². The molecule has 12 aromatic rings. The predicted octanol–water partition coefficient (Wildman–Crippen LogP) is 17.7. The van der Waals surface area contributed by atoms with Gasteiger partial charge in [-0.3, -0.25) is 0 Å². The van der Waals surface area contributed by atoms with Crippen LogP contribution in [0, 0.1) is 0 Å². The van der Waals surface area contributed by atoms with Gasteiger partial charge in [-0.2, -0.15) is 0 Å². The Bertz CT molecular complexity index is 3600. The van der Waals surface area contributed by atoms with Crippen molar-refractivity contribution < 1.29 is 4.42 Å². The zero-order valence-electron chi connectivity index (χ0n) is 35.0. The van der Waals surface area contributed by atoms with Gasteiger partial charge in [-0.25, -0.2) is 0 Å². The highest BCUT2D eigenvalue weighted by atomic mass is 16.3. The van der Waals surface area contributed by atoms with E-state index in [1.807, 2.05) is 18.2 Å². The number of hydrogen-bond acceptors (Lipinski definition) is 2. The topological polar surface area (TPSA) is 16.4 Å². The zero-order valence-corrected chi connectivity index (χ0v) is 35.0. The number of para-hydroxylation sites is 1. The van der Waals surface area contributed by atoms with Crippen LogP contribution in [0.4, 0.5) is 17.1 Å². The third-order valence-electron chi connectivity index (χ3n) is 12.7. The fourth-order valence-corrected chi connectivity index (χ4v) is 9.42. The lowest BCUT2D eigenvalue weighted by Crippen LogP contribution is -2.09. The normalized spacial score (nSPS) is 11.4. The van der Waals surface area contributed by atoms with Crippen LogP contribution in [-0.4, -0.2) is 0 Å². The summed E-state index contributed by atoms with van der Waals surface area (Å²) >= 11 is 0. The molecule has 0 saturated heterocycles. The van der Waals surface area contributed by atoms with Gasteiger partial charge in [0.25, 0.3) is 0 Å². The minimum absolute atomic E-state index is 0.877. The SMILES string of the molecule is c1ccc(-c2cc3ccccc3o2)c(-c2ccc(-c3ccc(N(c4ccc(-c5ccc(-c6cccc7ccccc67)cc5)cc4)c4ccc5c(ccc6ccccc65)c4)cc3)cc2)c1. The number of anilines is 3. The van der Waals surface area contributed by atoms with Crippen molar-refractivity contribution in [1.29, 1.82) is 0 Å². The zero-order chi connectivity index (χ0) is 42.4. The largest absolute Gasteiger partial charge is 0.456 e. The van der Waals surface area contributed by atoms with E-state index in [0.29, 0.717) is 0 Å². The van der Waals surface area contributed by atoms with Crippen molar-refractivity contribution in [3.8, 4) is 55.8 Å². The van der Waals surface area contributed by atoms with Gasteiger partial charge in [0, 0.05) is 28.0 Å². The summed E-state index contributed by atoms with van der Waals surface area (Å²) in [5, 5.41) is 8.61. The summed E-state index contributed by atoms with van der Waals surface area (Å²) in [6, 6.07) is 89.6. The van der Waals surface area contributed by atoms with Crippen LogP contribution in [0.5, 0.6) is 0 Å². The van der Waals surface area contributed by atoms with Crippen LogP contribution in [0.25, 0.3) is 99.1 Å². The molecule has 0 aliphatic rings. The molecule has 0 bridgehead atoms. The number of hydrogen-bond donors (Lipinski definition) is 0. The van der Waals surface area contributed by atoms with Crippen molar-refractivity contribution in [2.75, 3.05) is 4.90 Å². The van der Waals surface area contributed by atoms with E-state index >= 15 is 0 Å². The Morgan fingerprint density at radius 2 is 0.688 bits per heavy atom. The second-order valence-electron chi connectivity index (χ2n) is 16.5. The third-order valence-corrected chi connectivity index (χ3v) is 12.7. The van der Waals surface area contributed by atoms with Gasteiger partial charge in [0.2, 0.25) is 0 Å². The van der Waals surface area contributed by atoms with Crippen LogP contribution in [-0.2, 0) is 0 Å². The Morgan fingerprint density at radius 3 is 1.34 bits per heavy atom. The van der Waals surface area contributed by atoms with Gasteiger partial charge < -0.3 is 9.32 Å². The van der Waals surface area contributed by atoms with E-state index in [9.17, 15) is 0 Å². The van der Waals surface area contributed by atoms with Crippen LogP contribution >= 0.6 is 0 Å². The molecule has 0 atom stereocenters. The molecule has 0 spiro atoms. The molecular weight excluding hydrogens is 775 g/mol. The maximum absolute atomic E-state index is 6.29. The van der Waals surface area contributed by atoms with Crippen molar-refractivity contribution >= 4 is 60.3 Å². The third kappa shape index (κ3) is 6.79. The van der Waals surface area contributed by atoms with E-state index in [0.717, 1.165) is 61.6 Å². The molecule has 0 unspecified atom stereocenters. The molecule has 12 rings (SSSR count). The Morgan fingerprint density at radius 1 is 0.250 bits per heavy atom. The summed E-state index contributed by atoms with van der Waals surface area (Å²) in [6.45, 7) is 0. The fraction of sp³-hybridized carbons (Fsp3) is 0. The lowest BCUT2D eigenvalue weighted by Gasteiger charge is -2.26. The first-order chi connectivity index (χ1) is 31.7. The molecule has 2 heteroatoms. The Balaban J connectivity index is 0.868. The summed E-state index contributed by atoms with van der Waals surface area (Å²) in [5.41, 5.74) is 14.7. The molecule has 0 fully saturated rings. The number of nitrogens with zero attached hydrogens (tertiary/aromatic N) is 1. The van der Waals surface area contributed by atoms with E-state index in [-0.39, 0.29) is 0 Å². The van der Waals surface area contributed by atoms with E-state index in [1.165, 1.54) is 54.6 Å². The Kier molecular flexibility index (Phi) is 9.20. The molecule has 0 radical (unpaired) electrons. The maximum Gasteiger partial charge on any atom is 0.136 e. The lowest BCUT2D eigenvalue weighted by molar-refractivity contribution is 0.632. The summed E-state index contributed by atoms with van der Waals surface area (Å²) in [4.78, 5) is 2.36. The fourth-order valence-electron chi connectivity index (χ4n) is 9.42. The smallest absolute Gasteiger partial charge is 0.136 e. The van der Waals surface area contributed by atoms with Crippen LogP contribution in [0.1, 0.15) is 0 Å². The first kappa shape index (κ1) is 37.3. The van der Waals surface area contributed by atoms with Crippen LogP contribution in [0.15, 0.2) is 253 Å². The number of rotatable bonds is 8. The predicted molar refractivity (Wildman–Crippen MR) is 271 cm³/mol. The molecule has 1 heterocycles. The van der Waals surface area contributed by atoms with Crippen molar-refractivity contribution in [3.05, 3.63) is 249 Å². The molecular formula is C62H41NO. The van der Waals surface area contributed by atoms with Crippen LogP contribution < -0.4 is 4.90 Å². The summed E-state index contributed by atoms with van der Waals surface area (Å²) in [6.07, 6.45) is 0. The maximum atomic E-state index is 6.29. The summed E-state index contributed by atoms with van der Waals surface area (Å²) < 4.78 is 6.29. The summed E-state index contributed by atoms with van der Waals surface area (Å²) in [7, 11) is 0. The number of benzene rings is 11. The Hall–Kier alpha value is -8.46. The minimum atomic E-state index is 0.877. The molecule has 0 aliphatic carbocycles. The van der Waals surface area contributed by atoms with Crippen LogP contribution in [0.2, 0.25) is 0 Å². The van der Waals surface area contributed by atoms with E-state index < -0.39 is 0 Å². The second kappa shape index (κ2) is 15.8. The van der Waals surface area contributed by atoms with Crippen molar-refractivity contribution in [2.24, 2.45) is 0 Å². The summed E-state index contributed by atoms with van der Waals surface area (Å²) in [5.74, 6) is 0.877. The molecule has 2 nitrogen and oxygen atoms in total. The van der Waals surface area contributed by atoms with Gasteiger partial charge in [0.05, 0.1) is 0 Å². The number of fused-ring (bicyclic) bond motifs is 5. The van der Waals surface area contributed by atoms with Gasteiger partial charge in [-0.15, -0.1) is 0 Å². The standard InChI is InChI=1S/C62H41NO/c1-4-14-55-46(10-1)13-9-18-57(55)48-24-20-42(21-25-48)44-30-34-52(35-31-44)63(54-38-39-59-50(40-54)29-28-47-11-2-5-15-56(47)59)53-36-32-45(33-37-53)43-22-26-49(27-23-43)58-16-6-7-17-60(58)62-41-51-12-3-8-19-61(51)64-62/h1-41H. The minimum Gasteiger partial charge on any atom is -0.456 e. The molecule has 0 aliphatic heterocycles. The molecule has 64 heavy (non-hydrogen) atoms. The van der Waals surface area contributed by atoms with Gasteiger partial charge in [-0.05, 0) is 125 Å². The second-order valence-corrected chi connectivity index (χ2v) is 16.5. The number of furan rings is 1. The van der Waals surface area contributed by atoms with Crippen molar-refractivity contribution in [3.63, 3.8) is 0 Å². The van der Waals surface area contributed by atoms with E-state index in [1.54, 1.807) is 0 Å². The molecule has 0 amide bonds. The highest BCUT2D eigenvalue weighted by molar-refractivity contribution is 6.08. The molecule has 0 N–H and O–H groups in total. The lowest BCUT2D eigenvalue weighted by atomic mass is 9.95. The van der Waals surface area contributed by atoms with Gasteiger partial charge in [0.1, 0.15) is 11.3 Å². The first-order valence-electron chi connectivity index (χ1n) is 21.9. The van der Waals surface area contributed by atoms with Gasteiger partial charge in [0.15, 0.2) is 0 Å². The monoisotopic (exact) mass is 815 g/mol. The van der Waals surface area contributed by atoms with Crippen molar-refractivity contribution in [1.82, 2.24) is 0 Å². The quantitative estimate of drug-likeness (QED) is 0.142. The average Bonchev–Trinajstić information content (AvgIpc) is 3.81. The molecule has 0 saturated carbocycles. The Labute approximate surface area is 372 Å². The molecule has 11 aromatic carbocycles. The highest BCUT2D eigenvalue weighted by Gasteiger charge is 2.16. The van der Waals surface area contributed by atoms with E-state index in [2.05, 4.69) is 235 Å². The molecule has 300 valence electrons. The average molecular weight is 816 g/mol. The van der Waals surface area contributed by atoms with Gasteiger partial charge in [-0.1, -0.05) is 200 Å².